The van der Waals surface area contributed by atoms with Crippen molar-refractivity contribution in [2.75, 3.05) is 18.4 Å². The predicted octanol–water partition coefficient (Wildman–Crippen LogP) is 0.945. The molecule has 0 aliphatic rings. The molecule has 0 atom stereocenters. The third-order valence-corrected chi connectivity index (χ3v) is 2.10. The minimum atomic E-state index is -0.325. The maximum atomic E-state index is 11.4. The van der Waals surface area contributed by atoms with Crippen LogP contribution in [0.15, 0.2) is 6.33 Å². The lowest BCUT2D eigenvalue weighted by molar-refractivity contribution is -0.115. The number of anilines is 1. The summed E-state index contributed by atoms with van der Waals surface area (Å²) in [7, 11) is 0. The Hall–Kier alpha value is -1.35. The molecule has 1 amide bonds. The third-order valence-electron chi connectivity index (χ3n) is 1.53. The largest absolute Gasteiger partial charge is 0.320 e. The summed E-state index contributed by atoms with van der Waals surface area (Å²) in [6.07, 6.45) is 6.21. The van der Waals surface area contributed by atoms with Crippen molar-refractivity contribution in [1.82, 2.24) is 15.3 Å². The standard InChI is InChI=1S/C9H8Cl2N4O/c1-2-3-12-4-6(16)15-7-8(10)13-5-14-9(7)11/h1,5,12H,3-4H2,(H,15,16). The number of carbonyl (C=O) groups excluding carboxylic acids is 1. The lowest BCUT2D eigenvalue weighted by atomic mass is 10.4. The molecule has 0 fully saturated rings. The highest BCUT2D eigenvalue weighted by atomic mass is 35.5. The van der Waals surface area contributed by atoms with Crippen LogP contribution in [0.1, 0.15) is 0 Å². The van der Waals surface area contributed by atoms with Crippen molar-refractivity contribution in [2.45, 2.75) is 0 Å². The number of rotatable bonds is 4. The van der Waals surface area contributed by atoms with E-state index >= 15 is 0 Å². The molecule has 1 aromatic heterocycles. The second-order valence-electron chi connectivity index (χ2n) is 2.69. The molecule has 84 valence electrons. The fourth-order valence-corrected chi connectivity index (χ4v) is 1.29. The van der Waals surface area contributed by atoms with E-state index in [1.807, 2.05) is 0 Å². The lowest BCUT2D eigenvalue weighted by Crippen LogP contribution is -2.28. The van der Waals surface area contributed by atoms with E-state index in [0.29, 0.717) is 6.54 Å². The Morgan fingerprint density at radius 3 is 2.62 bits per heavy atom. The summed E-state index contributed by atoms with van der Waals surface area (Å²) in [5.41, 5.74) is 0.193. The second-order valence-corrected chi connectivity index (χ2v) is 3.40. The van der Waals surface area contributed by atoms with E-state index in [1.165, 1.54) is 6.33 Å². The molecule has 0 radical (unpaired) electrons. The minimum Gasteiger partial charge on any atom is -0.320 e. The Kier molecular flexibility index (Phi) is 4.99. The number of amides is 1. The van der Waals surface area contributed by atoms with E-state index in [1.54, 1.807) is 0 Å². The summed E-state index contributed by atoms with van der Waals surface area (Å²) >= 11 is 11.5. The molecule has 1 aromatic rings. The Labute approximate surface area is 103 Å². The molecule has 0 saturated carbocycles. The Bertz CT molecular complexity index is 410. The van der Waals surface area contributed by atoms with Gasteiger partial charge in [0.15, 0.2) is 10.3 Å². The van der Waals surface area contributed by atoms with E-state index in [2.05, 4.69) is 26.5 Å². The van der Waals surface area contributed by atoms with E-state index in [-0.39, 0.29) is 28.4 Å². The molecule has 5 nitrogen and oxygen atoms in total. The molecular formula is C9H8Cl2N4O. The molecule has 0 aromatic carbocycles. The molecular weight excluding hydrogens is 251 g/mol. The average molecular weight is 259 g/mol. The van der Waals surface area contributed by atoms with Gasteiger partial charge in [0.25, 0.3) is 0 Å². The van der Waals surface area contributed by atoms with Gasteiger partial charge in [0.2, 0.25) is 5.91 Å². The van der Waals surface area contributed by atoms with Gasteiger partial charge in [0, 0.05) is 0 Å². The van der Waals surface area contributed by atoms with Crippen molar-refractivity contribution in [3.05, 3.63) is 16.6 Å². The molecule has 0 unspecified atom stereocenters. The molecule has 2 N–H and O–H groups in total. The normalized spacial score (nSPS) is 9.56. The van der Waals surface area contributed by atoms with Crippen LogP contribution in [-0.4, -0.2) is 29.0 Å². The monoisotopic (exact) mass is 258 g/mol. The van der Waals surface area contributed by atoms with Crippen LogP contribution >= 0.6 is 23.2 Å². The van der Waals surface area contributed by atoms with Gasteiger partial charge in [-0.2, -0.15) is 0 Å². The number of carbonyl (C=O) groups is 1. The molecule has 1 heterocycles. The van der Waals surface area contributed by atoms with E-state index < -0.39 is 0 Å². The molecule has 0 aliphatic carbocycles. The fraction of sp³-hybridized carbons (Fsp3) is 0.222. The Morgan fingerprint density at radius 2 is 2.06 bits per heavy atom. The van der Waals surface area contributed by atoms with Gasteiger partial charge >= 0.3 is 0 Å². The zero-order chi connectivity index (χ0) is 12.0. The van der Waals surface area contributed by atoms with E-state index in [9.17, 15) is 4.79 Å². The third kappa shape index (κ3) is 3.66. The highest BCUT2D eigenvalue weighted by Crippen LogP contribution is 2.25. The first kappa shape index (κ1) is 12.7. The van der Waals surface area contributed by atoms with Crippen LogP contribution in [0.2, 0.25) is 10.3 Å². The minimum absolute atomic E-state index is 0.0613. The van der Waals surface area contributed by atoms with Crippen LogP contribution in [0, 0.1) is 12.3 Å². The smallest absolute Gasteiger partial charge is 0.238 e. The molecule has 0 aliphatic heterocycles. The maximum Gasteiger partial charge on any atom is 0.238 e. The molecule has 1 rings (SSSR count). The summed E-state index contributed by atoms with van der Waals surface area (Å²) in [6, 6.07) is 0. The summed E-state index contributed by atoms with van der Waals surface area (Å²) < 4.78 is 0. The summed E-state index contributed by atoms with van der Waals surface area (Å²) in [5.74, 6) is 2.02. The Balaban J connectivity index is 2.60. The molecule has 0 saturated heterocycles. The number of hydrogen-bond acceptors (Lipinski definition) is 4. The fourth-order valence-electron chi connectivity index (χ4n) is 0.879. The summed E-state index contributed by atoms with van der Waals surface area (Å²) in [5, 5.41) is 5.37. The number of nitrogens with zero attached hydrogens (tertiary/aromatic N) is 2. The van der Waals surface area contributed by atoms with Gasteiger partial charge in [-0.05, 0) is 0 Å². The van der Waals surface area contributed by atoms with E-state index in [0.717, 1.165) is 0 Å². The van der Waals surface area contributed by atoms with Crippen molar-refractivity contribution < 1.29 is 4.79 Å². The molecule has 0 spiro atoms. The number of hydrogen-bond donors (Lipinski definition) is 2. The number of nitrogens with one attached hydrogen (secondary N) is 2. The van der Waals surface area contributed by atoms with Crippen LogP contribution in [-0.2, 0) is 4.79 Å². The highest BCUT2D eigenvalue weighted by molar-refractivity contribution is 6.38. The zero-order valence-corrected chi connectivity index (χ0v) is 9.64. The first-order valence-electron chi connectivity index (χ1n) is 4.25. The topological polar surface area (TPSA) is 66.9 Å². The first-order chi connectivity index (χ1) is 7.65. The van der Waals surface area contributed by atoms with Crippen LogP contribution in [0.25, 0.3) is 0 Å². The van der Waals surface area contributed by atoms with Gasteiger partial charge in [-0.1, -0.05) is 29.1 Å². The predicted molar refractivity (Wildman–Crippen MR) is 62.4 cm³/mol. The van der Waals surface area contributed by atoms with Crippen molar-refractivity contribution in [2.24, 2.45) is 0 Å². The number of terminal acetylenes is 1. The maximum absolute atomic E-state index is 11.4. The molecule has 0 bridgehead atoms. The van der Waals surface area contributed by atoms with Crippen molar-refractivity contribution >= 4 is 34.8 Å². The zero-order valence-electron chi connectivity index (χ0n) is 8.13. The second kappa shape index (κ2) is 6.28. The van der Waals surface area contributed by atoms with Gasteiger partial charge in [-0.25, -0.2) is 9.97 Å². The molecule has 7 heteroatoms. The summed E-state index contributed by atoms with van der Waals surface area (Å²) in [6.45, 7) is 0.367. The van der Waals surface area contributed by atoms with E-state index in [4.69, 9.17) is 29.6 Å². The number of halogens is 2. The van der Waals surface area contributed by atoms with Gasteiger partial charge in [-0.3, -0.25) is 10.1 Å². The first-order valence-corrected chi connectivity index (χ1v) is 5.00. The Morgan fingerprint density at radius 1 is 1.44 bits per heavy atom. The SMILES string of the molecule is C#CCNCC(=O)Nc1c(Cl)ncnc1Cl. The van der Waals surface area contributed by atoms with Gasteiger partial charge in [0.05, 0.1) is 13.1 Å². The lowest BCUT2D eigenvalue weighted by Gasteiger charge is -2.07. The van der Waals surface area contributed by atoms with Crippen LogP contribution in [0.3, 0.4) is 0 Å². The van der Waals surface area contributed by atoms with Gasteiger partial charge < -0.3 is 5.32 Å². The van der Waals surface area contributed by atoms with Crippen LogP contribution < -0.4 is 10.6 Å². The quantitative estimate of drug-likeness (QED) is 0.480. The van der Waals surface area contributed by atoms with Crippen molar-refractivity contribution in [3.63, 3.8) is 0 Å². The highest BCUT2D eigenvalue weighted by Gasteiger charge is 2.10. The number of aromatic nitrogens is 2. The summed E-state index contributed by atoms with van der Waals surface area (Å²) in [4.78, 5) is 18.8. The van der Waals surface area contributed by atoms with Gasteiger partial charge in [0.1, 0.15) is 12.0 Å². The van der Waals surface area contributed by atoms with Crippen molar-refractivity contribution in [3.8, 4) is 12.3 Å². The molecule has 16 heavy (non-hydrogen) atoms. The van der Waals surface area contributed by atoms with Crippen molar-refractivity contribution in [1.29, 1.82) is 0 Å². The van der Waals surface area contributed by atoms with Crippen LogP contribution in [0.4, 0.5) is 5.69 Å². The van der Waals surface area contributed by atoms with Crippen LogP contribution in [0.5, 0.6) is 0 Å². The van der Waals surface area contributed by atoms with Gasteiger partial charge in [-0.15, -0.1) is 6.42 Å². The average Bonchev–Trinajstić information content (AvgIpc) is 2.24.